The molecule has 1 aliphatic rings. The zero-order valence-corrected chi connectivity index (χ0v) is 11.0. The second-order valence-corrected chi connectivity index (χ2v) is 5.91. The average molecular weight is 249 g/mol. The van der Waals surface area contributed by atoms with Gasteiger partial charge in [0.15, 0.2) is 0 Å². The highest BCUT2D eigenvalue weighted by Gasteiger charge is 2.36. The van der Waals surface area contributed by atoms with Crippen molar-refractivity contribution in [3.05, 3.63) is 0 Å². The van der Waals surface area contributed by atoms with Gasteiger partial charge in [-0.25, -0.2) is 4.72 Å². The van der Waals surface area contributed by atoms with Gasteiger partial charge >= 0.3 is 0 Å². The quantitative estimate of drug-likeness (QED) is 0.710. The fourth-order valence-corrected chi connectivity index (χ4v) is 4.02. The highest BCUT2D eigenvalue weighted by Crippen LogP contribution is 2.30. The van der Waals surface area contributed by atoms with E-state index in [2.05, 4.69) is 4.72 Å². The summed E-state index contributed by atoms with van der Waals surface area (Å²) in [7, 11) is -3.32. The van der Waals surface area contributed by atoms with Crippen molar-refractivity contribution < 1.29 is 8.42 Å². The first-order chi connectivity index (χ1) is 7.56. The van der Waals surface area contributed by atoms with E-state index in [0.717, 1.165) is 19.3 Å². The topological polar surface area (TPSA) is 75.4 Å². The number of nitrogens with one attached hydrogen (secondary N) is 1. The number of rotatable bonds is 6. The first-order valence-electron chi connectivity index (χ1n) is 6.03. The van der Waals surface area contributed by atoms with Gasteiger partial charge in [0.05, 0.1) is 0 Å². The Hall–Kier alpha value is -0.170. The lowest BCUT2D eigenvalue weighted by molar-refractivity contribution is 0.273. The molecule has 0 bridgehead atoms. The highest BCUT2D eigenvalue weighted by atomic mass is 32.2. The van der Waals surface area contributed by atoms with Gasteiger partial charge in [-0.1, -0.05) is 20.3 Å². The lowest BCUT2D eigenvalue weighted by Crippen LogP contribution is -2.48. The summed E-state index contributed by atoms with van der Waals surface area (Å²) in [6.07, 6.45) is 3.05. The summed E-state index contributed by atoms with van der Waals surface area (Å²) >= 11 is 0. The molecule has 5 nitrogen and oxygen atoms in total. The maximum Gasteiger partial charge on any atom is 0.279 e. The molecule has 0 aromatic carbocycles. The molecule has 0 aliphatic heterocycles. The fourth-order valence-electron chi connectivity index (χ4n) is 2.52. The van der Waals surface area contributed by atoms with Gasteiger partial charge in [0.25, 0.3) is 10.2 Å². The molecule has 3 N–H and O–H groups in total. The first-order valence-corrected chi connectivity index (χ1v) is 7.47. The molecule has 0 heterocycles. The van der Waals surface area contributed by atoms with Crippen LogP contribution < -0.4 is 10.5 Å². The lowest BCUT2D eigenvalue weighted by atomic mass is 10.0. The van der Waals surface area contributed by atoms with Gasteiger partial charge < -0.3 is 5.73 Å². The zero-order chi connectivity index (χ0) is 12.2. The van der Waals surface area contributed by atoms with Crippen LogP contribution in [0.2, 0.25) is 0 Å². The summed E-state index contributed by atoms with van der Waals surface area (Å²) in [5.74, 6) is 0.313. The van der Waals surface area contributed by atoms with Crippen molar-refractivity contribution in [1.82, 2.24) is 9.03 Å². The van der Waals surface area contributed by atoms with E-state index in [1.165, 1.54) is 0 Å². The van der Waals surface area contributed by atoms with Gasteiger partial charge in [0, 0.05) is 19.1 Å². The van der Waals surface area contributed by atoms with Crippen molar-refractivity contribution in [3.8, 4) is 0 Å². The standard InChI is InChI=1S/C10H23N3O2S/c1-3-12-16(14,15)13(4-2)10-7-5-6-9(10)8-11/h9-10,12H,3-8,11H2,1-2H3. The Morgan fingerprint density at radius 1 is 1.38 bits per heavy atom. The number of hydrogen-bond donors (Lipinski definition) is 2. The molecule has 0 amide bonds. The van der Waals surface area contributed by atoms with Crippen molar-refractivity contribution in [2.45, 2.75) is 39.2 Å². The zero-order valence-electron chi connectivity index (χ0n) is 10.1. The minimum atomic E-state index is -3.32. The van der Waals surface area contributed by atoms with Crippen LogP contribution in [-0.2, 0) is 10.2 Å². The van der Waals surface area contributed by atoms with Crippen LogP contribution in [0.3, 0.4) is 0 Å². The Bertz CT molecular complexity index is 305. The van der Waals surface area contributed by atoms with Gasteiger partial charge in [-0.2, -0.15) is 12.7 Å². The van der Waals surface area contributed by atoms with E-state index in [-0.39, 0.29) is 6.04 Å². The molecule has 0 aromatic rings. The monoisotopic (exact) mass is 249 g/mol. The van der Waals surface area contributed by atoms with E-state index >= 15 is 0 Å². The van der Waals surface area contributed by atoms with Crippen LogP contribution in [0.5, 0.6) is 0 Å². The van der Waals surface area contributed by atoms with Crippen molar-refractivity contribution in [2.75, 3.05) is 19.6 Å². The Morgan fingerprint density at radius 2 is 2.06 bits per heavy atom. The van der Waals surface area contributed by atoms with Crippen molar-refractivity contribution in [1.29, 1.82) is 0 Å². The summed E-state index contributed by atoms with van der Waals surface area (Å²) in [6.45, 7) is 5.18. The van der Waals surface area contributed by atoms with Gasteiger partial charge in [-0.15, -0.1) is 0 Å². The average Bonchev–Trinajstić information content (AvgIpc) is 2.66. The number of hydrogen-bond acceptors (Lipinski definition) is 3. The largest absolute Gasteiger partial charge is 0.330 e. The molecule has 6 heteroatoms. The second-order valence-electron chi connectivity index (χ2n) is 4.20. The normalized spacial score (nSPS) is 26.5. The van der Waals surface area contributed by atoms with E-state index in [1.54, 1.807) is 11.2 Å². The summed E-state index contributed by atoms with van der Waals surface area (Å²) in [6, 6.07) is 0.0825. The van der Waals surface area contributed by atoms with Crippen molar-refractivity contribution in [2.24, 2.45) is 11.7 Å². The molecule has 0 spiro atoms. The van der Waals surface area contributed by atoms with Gasteiger partial charge in [-0.05, 0) is 25.3 Å². The van der Waals surface area contributed by atoms with E-state index in [1.807, 2.05) is 6.92 Å². The van der Waals surface area contributed by atoms with Crippen molar-refractivity contribution >= 4 is 10.2 Å². The molecule has 0 aromatic heterocycles. The smallest absolute Gasteiger partial charge is 0.279 e. The lowest BCUT2D eigenvalue weighted by Gasteiger charge is -2.30. The number of nitrogens with zero attached hydrogens (tertiary/aromatic N) is 1. The predicted molar refractivity (Wildman–Crippen MR) is 65.2 cm³/mol. The van der Waals surface area contributed by atoms with Crippen LogP contribution in [0.1, 0.15) is 33.1 Å². The Morgan fingerprint density at radius 3 is 2.56 bits per heavy atom. The van der Waals surface area contributed by atoms with Crippen LogP contribution in [0, 0.1) is 5.92 Å². The van der Waals surface area contributed by atoms with Crippen molar-refractivity contribution in [3.63, 3.8) is 0 Å². The molecule has 1 saturated carbocycles. The summed E-state index contributed by atoms with van der Waals surface area (Å²) in [5.41, 5.74) is 5.69. The highest BCUT2D eigenvalue weighted by molar-refractivity contribution is 7.87. The molecule has 1 rings (SSSR count). The third kappa shape index (κ3) is 2.94. The van der Waals surface area contributed by atoms with Crippen LogP contribution in [0.4, 0.5) is 0 Å². The molecule has 1 aliphatic carbocycles. The Labute approximate surface area is 98.6 Å². The molecule has 2 unspecified atom stereocenters. The van der Waals surface area contributed by atoms with Gasteiger partial charge in [0.1, 0.15) is 0 Å². The van der Waals surface area contributed by atoms with E-state index in [0.29, 0.717) is 25.6 Å². The van der Waals surface area contributed by atoms with E-state index < -0.39 is 10.2 Å². The molecular weight excluding hydrogens is 226 g/mol. The molecule has 16 heavy (non-hydrogen) atoms. The maximum absolute atomic E-state index is 12.0. The van der Waals surface area contributed by atoms with Gasteiger partial charge in [-0.3, -0.25) is 0 Å². The molecule has 96 valence electrons. The summed E-state index contributed by atoms with van der Waals surface area (Å²) < 4.78 is 28.1. The molecule has 1 fully saturated rings. The first kappa shape index (κ1) is 13.9. The fraction of sp³-hybridized carbons (Fsp3) is 1.00. The SMILES string of the molecule is CCNS(=O)(=O)N(CC)C1CCCC1CN. The molecule has 0 saturated heterocycles. The third-order valence-corrected chi connectivity index (χ3v) is 5.04. The summed E-state index contributed by atoms with van der Waals surface area (Å²) in [4.78, 5) is 0. The molecule has 2 atom stereocenters. The Balaban J connectivity index is 2.81. The van der Waals surface area contributed by atoms with Crippen LogP contribution in [-0.4, -0.2) is 38.4 Å². The van der Waals surface area contributed by atoms with Gasteiger partial charge in [0.2, 0.25) is 0 Å². The maximum atomic E-state index is 12.0. The predicted octanol–water partition coefficient (Wildman–Crippen LogP) is 0.290. The number of nitrogens with two attached hydrogens (primary N) is 1. The van der Waals surface area contributed by atoms with E-state index in [9.17, 15) is 8.42 Å². The minimum Gasteiger partial charge on any atom is -0.330 e. The van der Waals surface area contributed by atoms with Crippen LogP contribution >= 0.6 is 0 Å². The van der Waals surface area contributed by atoms with Crippen LogP contribution in [0.15, 0.2) is 0 Å². The third-order valence-electron chi connectivity index (χ3n) is 3.24. The second kappa shape index (κ2) is 5.95. The summed E-state index contributed by atoms with van der Waals surface area (Å²) in [5, 5.41) is 0. The van der Waals surface area contributed by atoms with E-state index in [4.69, 9.17) is 5.73 Å². The molecular formula is C10H23N3O2S. The molecule has 0 radical (unpaired) electrons. The van der Waals surface area contributed by atoms with Crippen LogP contribution in [0.25, 0.3) is 0 Å². The Kier molecular flexibility index (Phi) is 5.17. The minimum absolute atomic E-state index is 0.0825.